The minimum atomic E-state index is -4.67. The number of anilines is 1. The van der Waals surface area contributed by atoms with E-state index >= 15 is 0 Å². The van der Waals surface area contributed by atoms with Gasteiger partial charge in [-0.3, -0.25) is 4.31 Å². The Morgan fingerprint density at radius 3 is 2.25 bits per heavy atom. The molecule has 150 valence electrons. The lowest BCUT2D eigenvalue weighted by Gasteiger charge is -2.29. The number of sulfonamides is 1. The molecule has 5 nitrogen and oxygen atoms in total. The molecule has 0 spiro atoms. The molecular formula is C18H16F3NO4S2. The Labute approximate surface area is 161 Å². The van der Waals surface area contributed by atoms with Crippen molar-refractivity contribution in [2.24, 2.45) is 0 Å². The third kappa shape index (κ3) is 4.07. The average molecular weight is 431 g/mol. The molecule has 0 aliphatic carbocycles. The molecule has 28 heavy (non-hydrogen) atoms. The van der Waals surface area contributed by atoms with Crippen molar-refractivity contribution in [3.05, 3.63) is 71.1 Å². The molecule has 1 heterocycles. The smallest absolute Gasteiger partial charge is 0.258 e. The standard InChI is InChI=1S/C18H16F3NO4S2/c1-13-5-7-17(8-6-13)28(25,26)22(16-9-10-27(23,24)12-16)15-4-2-3-14(11-15)18(19,20)21/h2-11,16H,12H2,1H3/t16-/m1/s1. The number of halogens is 3. The maximum Gasteiger partial charge on any atom is 0.416 e. The van der Waals surface area contributed by atoms with Crippen molar-refractivity contribution in [2.45, 2.75) is 24.0 Å². The number of nitrogens with zero attached hydrogens (tertiary/aromatic N) is 1. The van der Waals surface area contributed by atoms with E-state index in [4.69, 9.17) is 0 Å². The maximum atomic E-state index is 13.2. The molecule has 2 aromatic rings. The first kappa shape index (κ1) is 20.4. The van der Waals surface area contributed by atoms with Crippen molar-refractivity contribution in [3.8, 4) is 0 Å². The number of hydrogen-bond acceptors (Lipinski definition) is 4. The van der Waals surface area contributed by atoms with Crippen molar-refractivity contribution in [2.75, 3.05) is 10.1 Å². The normalized spacial score (nSPS) is 18.9. The molecular weight excluding hydrogens is 415 g/mol. The Bertz CT molecular complexity index is 1120. The van der Waals surface area contributed by atoms with Crippen LogP contribution < -0.4 is 4.31 Å². The highest BCUT2D eigenvalue weighted by Crippen LogP contribution is 2.35. The molecule has 1 aliphatic heterocycles. The molecule has 0 radical (unpaired) electrons. The third-order valence-electron chi connectivity index (χ3n) is 4.22. The first-order valence-electron chi connectivity index (χ1n) is 8.09. The van der Waals surface area contributed by atoms with Crippen LogP contribution in [0, 0.1) is 6.92 Å². The molecule has 0 amide bonds. The van der Waals surface area contributed by atoms with Gasteiger partial charge in [-0.1, -0.05) is 23.8 Å². The molecule has 1 atom stereocenters. The first-order valence-corrected chi connectivity index (χ1v) is 11.2. The predicted octanol–water partition coefficient (Wildman–Crippen LogP) is 3.52. The second-order valence-corrected chi connectivity index (χ2v) is 10.1. The second kappa shape index (κ2) is 6.93. The lowest BCUT2D eigenvalue weighted by atomic mass is 10.2. The zero-order valence-electron chi connectivity index (χ0n) is 14.6. The highest BCUT2D eigenvalue weighted by molar-refractivity contribution is 7.95. The van der Waals surface area contributed by atoms with E-state index in [0.717, 1.165) is 27.4 Å². The molecule has 10 heteroatoms. The van der Waals surface area contributed by atoms with Crippen LogP contribution >= 0.6 is 0 Å². The number of hydrogen-bond donors (Lipinski definition) is 0. The van der Waals surface area contributed by atoms with Crippen molar-refractivity contribution < 1.29 is 30.0 Å². The lowest BCUT2D eigenvalue weighted by Crippen LogP contribution is -2.41. The van der Waals surface area contributed by atoms with E-state index in [1.54, 1.807) is 19.1 Å². The maximum absolute atomic E-state index is 13.2. The van der Waals surface area contributed by atoms with Crippen LogP contribution in [-0.2, 0) is 26.0 Å². The van der Waals surface area contributed by atoms with Gasteiger partial charge in [-0.25, -0.2) is 16.8 Å². The van der Waals surface area contributed by atoms with E-state index < -0.39 is 43.4 Å². The van der Waals surface area contributed by atoms with Gasteiger partial charge in [0.05, 0.1) is 27.9 Å². The highest BCUT2D eigenvalue weighted by atomic mass is 32.2. The quantitative estimate of drug-likeness (QED) is 0.743. The number of rotatable bonds is 4. The zero-order valence-corrected chi connectivity index (χ0v) is 16.2. The summed E-state index contributed by atoms with van der Waals surface area (Å²) < 4.78 is 90.2. The monoisotopic (exact) mass is 431 g/mol. The van der Waals surface area contributed by atoms with Gasteiger partial charge in [-0.15, -0.1) is 0 Å². The Kier molecular flexibility index (Phi) is 5.05. The Morgan fingerprint density at radius 1 is 1.07 bits per heavy atom. The van der Waals surface area contributed by atoms with Gasteiger partial charge >= 0.3 is 6.18 Å². The lowest BCUT2D eigenvalue weighted by molar-refractivity contribution is -0.137. The summed E-state index contributed by atoms with van der Waals surface area (Å²) in [7, 11) is -7.96. The fourth-order valence-corrected chi connectivity index (χ4v) is 5.82. The van der Waals surface area contributed by atoms with Crippen LogP contribution in [0.25, 0.3) is 0 Å². The Balaban J connectivity index is 2.17. The van der Waals surface area contributed by atoms with Crippen LogP contribution in [0.15, 0.2) is 64.9 Å². The van der Waals surface area contributed by atoms with E-state index in [-0.39, 0.29) is 10.6 Å². The van der Waals surface area contributed by atoms with Gasteiger partial charge in [0.15, 0.2) is 9.84 Å². The summed E-state index contributed by atoms with van der Waals surface area (Å²) in [6.45, 7) is 1.76. The second-order valence-electron chi connectivity index (χ2n) is 6.39. The molecule has 0 bridgehead atoms. The van der Waals surface area contributed by atoms with Gasteiger partial charge in [0.25, 0.3) is 10.0 Å². The van der Waals surface area contributed by atoms with Crippen molar-refractivity contribution in [1.29, 1.82) is 0 Å². The van der Waals surface area contributed by atoms with Crippen molar-refractivity contribution in [3.63, 3.8) is 0 Å². The van der Waals surface area contributed by atoms with Crippen molar-refractivity contribution in [1.82, 2.24) is 0 Å². The number of aryl methyl sites for hydroxylation is 1. The molecule has 0 fully saturated rings. The van der Waals surface area contributed by atoms with E-state index in [2.05, 4.69) is 0 Å². The number of benzene rings is 2. The van der Waals surface area contributed by atoms with Gasteiger partial charge < -0.3 is 0 Å². The van der Waals surface area contributed by atoms with E-state index in [0.29, 0.717) is 6.07 Å². The fraction of sp³-hybridized carbons (Fsp3) is 0.222. The molecule has 0 saturated heterocycles. The summed E-state index contributed by atoms with van der Waals surface area (Å²) in [5.41, 5.74) is -0.492. The first-order chi connectivity index (χ1) is 12.9. The predicted molar refractivity (Wildman–Crippen MR) is 99.0 cm³/mol. The fourth-order valence-electron chi connectivity index (χ4n) is 2.86. The minimum absolute atomic E-state index is 0.145. The Morgan fingerprint density at radius 2 is 1.71 bits per heavy atom. The third-order valence-corrected chi connectivity index (χ3v) is 7.46. The summed E-state index contributed by atoms with van der Waals surface area (Å²) >= 11 is 0. The topological polar surface area (TPSA) is 71.5 Å². The summed E-state index contributed by atoms with van der Waals surface area (Å²) in [6.07, 6.45) is -3.51. The molecule has 2 aromatic carbocycles. The van der Waals surface area contributed by atoms with Gasteiger partial charge in [-0.2, -0.15) is 13.2 Å². The van der Waals surface area contributed by atoms with E-state index in [9.17, 15) is 30.0 Å². The van der Waals surface area contributed by atoms with Gasteiger partial charge in [0.2, 0.25) is 0 Å². The van der Waals surface area contributed by atoms with Crippen LogP contribution in [0.5, 0.6) is 0 Å². The molecule has 0 aromatic heterocycles. The molecule has 0 saturated carbocycles. The average Bonchev–Trinajstić information content (AvgIpc) is 2.94. The Hall–Kier alpha value is -2.33. The van der Waals surface area contributed by atoms with Gasteiger partial charge in [0, 0.05) is 5.41 Å². The van der Waals surface area contributed by atoms with Crippen LogP contribution in [0.4, 0.5) is 18.9 Å². The van der Waals surface area contributed by atoms with Crippen LogP contribution in [-0.4, -0.2) is 28.6 Å². The van der Waals surface area contributed by atoms with Crippen LogP contribution in [0.2, 0.25) is 0 Å². The number of alkyl halides is 3. The summed E-state index contributed by atoms with van der Waals surface area (Å²) in [5, 5.41) is 0.878. The minimum Gasteiger partial charge on any atom is -0.258 e. The largest absolute Gasteiger partial charge is 0.416 e. The molecule has 3 rings (SSSR count). The molecule has 0 unspecified atom stereocenters. The SMILES string of the molecule is Cc1ccc(S(=O)(=O)N(c2cccc(C(F)(F)F)c2)[C@@H]2C=CS(=O)(=O)C2)cc1. The highest BCUT2D eigenvalue weighted by Gasteiger charge is 2.37. The summed E-state index contributed by atoms with van der Waals surface area (Å²) in [4.78, 5) is -0.145. The van der Waals surface area contributed by atoms with E-state index in [1.165, 1.54) is 24.3 Å². The molecule has 1 aliphatic rings. The zero-order chi connectivity index (χ0) is 20.7. The summed E-state index contributed by atoms with van der Waals surface area (Å²) in [5.74, 6) is -0.547. The van der Waals surface area contributed by atoms with Crippen molar-refractivity contribution >= 4 is 25.5 Å². The van der Waals surface area contributed by atoms with Crippen LogP contribution in [0.3, 0.4) is 0 Å². The van der Waals surface area contributed by atoms with Gasteiger partial charge in [-0.05, 0) is 43.3 Å². The van der Waals surface area contributed by atoms with E-state index in [1.807, 2.05) is 0 Å². The number of sulfone groups is 1. The van der Waals surface area contributed by atoms with Crippen LogP contribution in [0.1, 0.15) is 11.1 Å². The molecule has 0 N–H and O–H groups in total. The summed E-state index contributed by atoms with van der Waals surface area (Å²) in [6, 6.07) is 8.43. The van der Waals surface area contributed by atoms with Gasteiger partial charge in [0.1, 0.15) is 0 Å².